The Kier molecular flexibility index (Phi) is 9.60. The second-order valence-corrected chi connectivity index (χ2v) is 15.0. The summed E-state index contributed by atoms with van der Waals surface area (Å²) in [5, 5.41) is 5.05. The maximum Gasteiger partial charge on any atom is 0.214 e. The summed E-state index contributed by atoms with van der Waals surface area (Å²) < 4.78 is 5.00. The third-order valence-corrected chi connectivity index (χ3v) is 11.1. The van der Waals surface area contributed by atoms with Crippen molar-refractivity contribution < 1.29 is 9.13 Å². The van der Waals surface area contributed by atoms with Gasteiger partial charge in [0.05, 0.1) is 11.1 Å². The van der Waals surface area contributed by atoms with Crippen LogP contribution in [-0.2, 0) is 13.1 Å². The zero-order valence-electron chi connectivity index (χ0n) is 32.1. The normalized spacial score (nSPS) is 16.1. The van der Waals surface area contributed by atoms with Gasteiger partial charge in [-0.1, -0.05) is 73.8 Å². The van der Waals surface area contributed by atoms with Crippen LogP contribution < -0.4 is 18.9 Å². The van der Waals surface area contributed by atoms with E-state index in [0.29, 0.717) is 0 Å². The molecule has 0 amide bonds. The molecule has 0 fully saturated rings. The van der Waals surface area contributed by atoms with Crippen molar-refractivity contribution in [2.45, 2.75) is 38.8 Å². The van der Waals surface area contributed by atoms with Crippen LogP contribution in [0.2, 0.25) is 0 Å². The Morgan fingerprint density at radius 3 is 1.28 bits per heavy atom. The molecule has 0 N–H and O–H groups in total. The largest absolute Gasteiger partial charge is 0.377 e. The van der Waals surface area contributed by atoms with Crippen LogP contribution in [0.15, 0.2) is 133 Å². The lowest BCUT2D eigenvalue weighted by Gasteiger charge is -2.16. The van der Waals surface area contributed by atoms with E-state index in [9.17, 15) is 0 Å². The van der Waals surface area contributed by atoms with Gasteiger partial charge in [-0.25, -0.2) is 0 Å². The molecule has 0 bridgehead atoms. The predicted molar refractivity (Wildman–Crippen MR) is 231 cm³/mol. The van der Waals surface area contributed by atoms with E-state index in [1.165, 1.54) is 89.1 Å². The van der Waals surface area contributed by atoms with Gasteiger partial charge >= 0.3 is 0 Å². The molecule has 0 saturated carbocycles. The zero-order chi connectivity index (χ0) is 37.3. The highest BCUT2D eigenvalue weighted by atomic mass is 15.1. The minimum atomic E-state index is 0.932. The molecular weight excluding hydrogens is 657 g/mol. The molecule has 8 rings (SSSR count). The summed E-state index contributed by atoms with van der Waals surface area (Å²) in [7, 11) is 8.43. The van der Waals surface area contributed by atoms with Crippen molar-refractivity contribution >= 4 is 68.4 Å². The summed E-state index contributed by atoms with van der Waals surface area (Å²) in [5.41, 5.74) is 14.5. The van der Waals surface area contributed by atoms with Gasteiger partial charge in [-0.15, -0.1) is 0 Å². The van der Waals surface area contributed by atoms with Crippen molar-refractivity contribution in [1.29, 1.82) is 0 Å². The van der Waals surface area contributed by atoms with Gasteiger partial charge in [0.2, 0.25) is 22.8 Å². The second kappa shape index (κ2) is 14.8. The monoisotopic (exact) mass is 706 g/mol. The van der Waals surface area contributed by atoms with Crippen LogP contribution in [0, 0.1) is 0 Å². The molecule has 2 aliphatic rings. The number of aromatic nitrogens is 2. The Labute approximate surface area is 320 Å². The summed E-state index contributed by atoms with van der Waals surface area (Å²) in [4.78, 5) is 4.38. The number of rotatable bonds is 6. The first-order chi connectivity index (χ1) is 26.3. The molecule has 0 aliphatic carbocycles. The summed E-state index contributed by atoms with van der Waals surface area (Å²) in [6, 6.07) is 39.8. The highest BCUT2D eigenvalue weighted by Crippen LogP contribution is 2.39. The fourth-order valence-electron chi connectivity index (χ4n) is 8.50. The topological polar surface area (TPSA) is 14.2 Å². The van der Waals surface area contributed by atoms with E-state index in [1.54, 1.807) is 0 Å². The van der Waals surface area contributed by atoms with Crippen molar-refractivity contribution in [2.75, 3.05) is 38.0 Å². The summed E-state index contributed by atoms with van der Waals surface area (Å²) >= 11 is 0. The summed E-state index contributed by atoms with van der Waals surface area (Å²) in [6.45, 7) is 11.3. The van der Waals surface area contributed by atoms with Crippen molar-refractivity contribution in [3.8, 4) is 0 Å². The number of nitrogens with zero attached hydrogens (tertiary/aromatic N) is 4. The van der Waals surface area contributed by atoms with Gasteiger partial charge in [0.1, 0.15) is 13.1 Å². The fraction of sp³-hybridized carbons (Fsp3) is 0.200. The van der Waals surface area contributed by atoms with Crippen LogP contribution in [0.4, 0.5) is 11.4 Å². The number of pyridine rings is 2. The number of hydrogen-bond acceptors (Lipinski definition) is 2. The number of hydrogen-bond donors (Lipinski definition) is 0. The molecule has 4 aromatic carbocycles. The average Bonchev–Trinajstić information content (AvgIpc) is 3.45. The fourth-order valence-corrected chi connectivity index (χ4v) is 8.50. The standard InChI is InChI=1S/C50H50N4/c1-35-15-13-33-53-39(29-25-37-27-31-45(51(3)4)43-21-9-7-19-41(37)43)17-11-23-47(53)49(35)50-36(2)16-14-34-54-40(18-12-24-48(50)54)30-26-38-28-32-46(52(5)6)44-22-10-8-20-42(38)44/h7-12,17-32H,1-2,13-16,33-34H2,3-6H3/q+2/b50-49-. The van der Waals surface area contributed by atoms with Gasteiger partial charge in [-0.05, 0) is 82.3 Å². The predicted octanol–water partition coefficient (Wildman–Crippen LogP) is 10.7. The summed E-state index contributed by atoms with van der Waals surface area (Å²) in [6.07, 6.45) is 13.1. The van der Waals surface area contributed by atoms with Crippen LogP contribution in [0.5, 0.6) is 0 Å². The highest BCUT2D eigenvalue weighted by Gasteiger charge is 2.33. The molecule has 0 saturated heterocycles. The van der Waals surface area contributed by atoms with Crippen LogP contribution in [0.25, 0.3) is 57.0 Å². The molecule has 54 heavy (non-hydrogen) atoms. The van der Waals surface area contributed by atoms with Crippen LogP contribution in [0.3, 0.4) is 0 Å². The zero-order valence-corrected chi connectivity index (χ0v) is 32.1. The second-order valence-electron chi connectivity index (χ2n) is 15.0. The van der Waals surface area contributed by atoms with Crippen molar-refractivity contribution in [2.24, 2.45) is 0 Å². The molecule has 4 heteroatoms. The minimum absolute atomic E-state index is 0.932. The number of anilines is 2. The lowest BCUT2D eigenvalue weighted by atomic mass is 9.88. The van der Waals surface area contributed by atoms with E-state index in [2.05, 4.69) is 181 Å². The first kappa shape index (κ1) is 35.1. The van der Waals surface area contributed by atoms with Gasteiger partial charge < -0.3 is 9.80 Å². The Morgan fingerprint density at radius 2 is 0.870 bits per heavy atom. The lowest BCUT2D eigenvalue weighted by molar-refractivity contribution is -0.701. The van der Waals surface area contributed by atoms with E-state index in [0.717, 1.165) is 38.8 Å². The van der Waals surface area contributed by atoms with Crippen molar-refractivity contribution in [1.82, 2.24) is 0 Å². The molecule has 0 spiro atoms. The SMILES string of the molecule is C=C1CCC[n+]2c(/C=C/c3ccc(N(C)C)c4ccccc34)cccc2/C1=C1/C(=C)CCC[n+]2c(/C=C/c3ccc(N(C)C)c4ccccc34)cccc21. The van der Waals surface area contributed by atoms with Crippen molar-refractivity contribution in [3.63, 3.8) is 0 Å². The maximum atomic E-state index is 4.73. The first-order valence-electron chi connectivity index (χ1n) is 19.2. The molecule has 2 aromatic heterocycles. The van der Waals surface area contributed by atoms with Gasteiger partial charge in [0.25, 0.3) is 0 Å². The molecule has 0 atom stereocenters. The minimum Gasteiger partial charge on any atom is -0.377 e. The Morgan fingerprint density at radius 1 is 0.463 bits per heavy atom. The number of fused-ring (bicyclic) bond motifs is 4. The quantitative estimate of drug-likeness (QED) is 0.160. The third-order valence-electron chi connectivity index (χ3n) is 11.1. The number of allylic oxidation sites excluding steroid dienone is 4. The van der Waals surface area contributed by atoms with Crippen LogP contribution >= 0.6 is 0 Å². The molecular formula is C50H50N4+2. The Balaban J connectivity index is 1.23. The van der Waals surface area contributed by atoms with E-state index in [4.69, 9.17) is 13.2 Å². The number of benzene rings is 4. The molecule has 4 nitrogen and oxygen atoms in total. The maximum absolute atomic E-state index is 4.73. The van der Waals surface area contributed by atoms with Crippen LogP contribution in [-0.4, -0.2) is 28.2 Å². The summed E-state index contributed by atoms with van der Waals surface area (Å²) in [5.74, 6) is 0. The smallest absolute Gasteiger partial charge is 0.214 e. The van der Waals surface area contributed by atoms with Crippen LogP contribution in [0.1, 0.15) is 59.6 Å². The molecule has 2 aliphatic heterocycles. The van der Waals surface area contributed by atoms with E-state index in [-0.39, 0.29) is 0 Å². The van der Waals surface area contributed by atoms with E-state index in [1.807, 2.05) is 0 Å². The molecule has 6 aromatic rings. The molecule has 4 heterocycles. The average molecular weight is 707 g/mol. The van der Waals surface area contributed by atoms with Crippen molar-refractivity contribution in [3.05, 3.63) is 167 Å². The van der Waals surface area contributed by atoms with Gasteiger partial charge in [0.15, 0.2) is 0 Å². The molecule has 0 unspecified atom stereocenters. The van der Waals surface area contributed by atoms with E-state index < -0.39 is 0 Å². The first-order valence-corrected chi connectivity index (χ1v) is 19.2. The third kappa shape index (κ3) is 6.47. The Bertz CT molecular complexity index is 2370. The van der Waals surface area contributed by atoms with E-state index >= 15 is 0 Å². The highest BCUT2D eigenvalue weighted by molar-refractivity contribution is 6.03. The van der Waals surface area contributed by atoms with Gasteiger partial charge in [-0.3, -0.25) is 0 Å². The van der Waals surface area contributed by atoms with Gasteiger partial charge in [-0.2, -0.15) is 9.13 Å². The Hall–Kier alpha value is -6.00. The lowest BCUT2D eigenvalue weighted by Crippen LogP contribution is -2.41. The van der Waals surface area contributed by atoms with Gasteiger partial charge in [0, 0.05) is 99.6 Å². The molecule has 268 valence electrons. The molecule has 0 radical (unpaired) electrons.